The van der Waals surface area contributed by atoms with E-state index in [1.54, 1.807) is 12.1 Å². The molecule has 1 aromatic rings. The van der Waals surface area contributed by atoms with Gasteiger partial charge in [0.15, 0.2) is 6.20 Å². The fourth-order valence-electron chi connectivity index (χ4n) is 0.603. The number of nitrogens with zero attached hydrogens (tertiary/aromatic N) is 1. The summed E-state index contributed by atoms with van der Waals surface area (Å²) in [5.74, 6) is 0. The number of rotatable bonds is 1. The maximum Gasteiger partial charge on any atom is 0.204 e. The van der Waals surface area contributed by atoms with E-state index < -0.39 is 0 Å². The molecule has 0 saturated carbocycles. The van der Waals surface area contributed by atoms with E-state index >= 15 is 0 Å². The first-order chi connectivity index (χ1) is 4.74. The van der Waals surface area contributed by atoms with Crippen molar-refractivity contribution in [1.82, 2.24) is 0 Å². The molecule has 1 heterocycles. The fraction of sp³-hybridized carbons (Fsp3) is 0.167. The van der Waals surface area contributed by atoms with Crippen LogP contribution in [0.5, 0.6) is 0 Å². The monoisotopic (exact) mass is 265 g/mol. The maximum absolute atomic E-state index is 10.9. The molecule has 0 spiro atoms. The van der Waals surface area contributed by atoms with Crippen molar-refractivity contribution in [1.29, 1.82) is 0 Å². The maximum atomic E-state index is 10.9. The molecule has 0 amide bonds. The zero-order chi connectivity index (χ0) is 7.56. The second kappa shape index (κ2) is 3.34. The third-order valence-electron chi connectivity index (χ3n) is 1.09. The molecule has 0 atom stereocenters. The first-order valence-corrected chi connectivity index (χ1v) is 4.59. The first-order valence-electron chi connectivity index (χ1n) is 2.67. The molecule has 4 heteroatoms. The van der Waals surface area contributed by atoms with Crippen molar-refractivity contribution in [2.45, 2.75) is 5.33 Å². The molecule has 10 heavy (non-hydrogen) atoms. The molecule has 0 aromatic carbocycles. The average molecular weight is 267 g/mol. The van der Waals surface area contributed by atoms with Crippen molar-refractivity contribution in [3.05, 3.63) is 33.7 Å². The van der Waals surface area contributed by atoms with Gasteiger partial charge in [0, 0.05) is 16.6 Å². The summed E-state index contributed by atoms with van der Waals surface area (Å²) in [5, 5.41) is 11.4. The van der Waals surface area contributed by atoms with Crippen LogP contribution in [0.25, 0.3) is 0 Å². The topological polar surface area (TPSA) is 26.9 Å². The van der Waals surface area contributed by atoms with Crippen LogP contribution in [-0.2, 0) is 5.33 Å². The van der Waals surface area contributed by atoms with Crippen LogP contribution < -0.4 is 4.73 Å². The van der Waals surface area contributed by atoms with Gasteiger partial charge >= 0.3 is 0 Å². The molecular weight excluding hydrogens is 262 g/mol. The molecule has 0 unspecified atom stereocenters. The second-order valence-corrected chi connectivity index (χ2v) is 3.27. The Hall–Kier alpha value is -0.0900. The molecule has 1 aromatic heterocycles. The second-order valence-electron chi connectivity index (χ2n) is 1.80. The van der Waals surface area contributed by atoms with Gasteiger partial charge < -0.3 is 5.21 Å². The van der Waals surface area contributed by atoms with E-state index in [1.165, 1.54) is 6.20 Å². The van der Waals surface area contributed by atoms with Crippen LogP contribution in [0, 0.1) is 5.21 Å². The molecule has 0 saturated heterocycles. The third kappa shape index (κ3) is 1.70. The van der Waals surface area contributed by atoms with Crippen molar-refractivity contribution in [2.24, 2.45) is 0 Å². The summed E-state index contributed by atoms with van der Waals surface area (Å²) in [7, 11) is 0. The number of halogens is 2. The zero-order valence-electron chi connectivity index (χ0n) is 5.05. The van der Waals surface area contributed by atoms with E-state index in [0.717, 1.165) is 9.20 Å². The minimum Gasteiger partial charge on any atom is -0.618 e. The van der Waals surface area contributed by atoms with E-state index in [9.17, 15) is 5.21 Å². The van der Waals surface area contributed by atoms with Gasteiger partial charge in [0.2, 0.25) is 5.69 Å². The highest BCUT2D eigenvalue weighted by atomic mass is 79.9. The van der Waals surface area contributed by atoms with Crippen LogP contribution in [-0.4, -0.2) is 0 Å². The summed E-state index contributed by atoms with van der Waals surface area (Å²) < 4.78 is 1.76. The lowest BCUT2D eigenvalue weighted by molar-refractivity contribution is -0.612. The molecular formula is C6H5Br2NO. The number of hydrogen-bond donors (Lipinski definition) is 0. The molecule has 0 radical (unpaired) electrons. The van der Waals surface area contributed by atoms with Crippen LogP contribution in [0.4, 0.5) is 0 Å². The predicted octanol–water partition coefficient (Wildman–Crippen LogP) is 1.98. The normalized spacial score (nSPS) is 9.80. The van der Waals surface area contributed by atoms with Gasteiger partial charge in [-0.1, -0.05) is 31.9 Å². The van der Waals surface area contributed by atoms with Crippen LogP contribution in [0.3, 0.4) is 0 Å². The van der Waals surface area contributed by atoms with Gasteiger partial charge in [-0.15, -0.1) is 0 Å². The molecule has 0 fully saturated rings. The SMILES string of the molecule is [O-][n+]1ccc(Br)cc1CBr. The molecule has 2 nitrogen and oxygen atoms in total. The Labute approximate surface area is 75.7 Å². The Morgan fingerprint density at radius 2 is 2.30 bits per heavy atom. The van der Waals surface area contributed by atoms with Crippen molar-refractivity contribution >= 4 is 31.9 Å². The minimum absolute atomic E-state index is 0.579. The number of aromatic nitrogens is 1. The summed E-state index contributed by atoms with van der Waals surface area (Å²) in [6.45, 7) is 0. The Kier molecular flexibility index (Phi) is 2.68. The minimum atomic E-state index is 0.579. The summed E-state index contributed by atoms with van der Waals surface area (Å²) in [4.78, 5) is 0. The van der Waals surface area contributed by atoms with Crippen molar-refractivity contribution in [2.75, 3.05) is 0 Å². The summed E-state index contributed by atoms with van der Waals surface area (Å²) >= 11 is 6.46. The number of hydrogen-bond acceptors (Lipinski definition) is 1. The van der Waals surface area contributed by atoms with Crippen molar-refractivity contribution < 1.29 is 4.73 Å². The summed E-state index contributed by atoms with van der Waals surface area (Å²) in [6.07, 6.45) is 1.47. The molecule has 0 aliphatic heterocycles. The van der Waals surface area contributed by atoms with Crippen molar-refractivity contribution in [3.63, 3.8) is 0 Å². The number of alkyl halides is 1. The highest BCUT2D eigenvalue weighted by molar-refractivity contribution is 9.10. The third-order valence-corrected chi connectivity index (χ3v) is 2.16. The Morgan fingerprint density at radius 3 is 2.80 bits per heavy atom. The van der Waals surface area contributed by atoms with Crippen LogP contribution in [0.2, 0.25) is 0 Å². The summed E-state index contributed by atoms with van der Waals surface area (Å²) in [6, 6.07) is 3.49. The van der Waals surface area contributed by atoms with Gasteiger partial charge in [0.25, 0.3) is 0 Å². The molecule has 0 N–H and O–H groups in total. The first kappa shape index (κ1) is 8.01. The van der Waals surface area contributed by atoms with Gasteiger partial charge in [0.1, 0.15) is 0 Å². The molecule has 54 valence electrons. The Balaban J connectivity index is 3.09. The Morgan fingerprint density at radius 1 is 1.60 bits per heavy atom. The van der Waals surface area contributed by atoms with E-state index in [0.29, 0.717) is 11.0 Å². The van der Waals surface area contributed by atoms with Gasteiger partial charge in [-0.25, -0.2) is 0 Å². The van der Waals surface area contributed by atoms with Gasteiger partial charge in [-0.2, -0.15) is 4.73 Å². The van der Waals surface area contributed by atoms with E-state index in [2.05, 4.69) is 31.9 Å². The lowest BCUT2D eigenvalue weighted by atomic mass is 10.4. The lowest BCUT2D eigenvalue weighted by Crippen LogP contribution is -2.30. The standard InChI is InChI=1S/C6H5Br2NO/c7-4-6-3-5(8)1-2-9(6)10/h1-3H,4H2. The van der Waals surface area contributed by atoms with Crippen LogP contribution in [0.1, 0.15) is 5.69 Å². The van der Waals surface area contributed by atoms with Gasteiger partial charge in [-0.05, 0) is 0 Å². The smallest absolute Gasteiger partial charge is 0.204 e. The van der Waals surface area contributed by atoms with Crippen molar-refractivity contribution in [3.8, 4) is 0 Å². The van der Waals surface area contributed by atoms with Crippen LogP contribution in [0.15, 0.2) is 22.8 Å². The van der Waals surface area contributed by atoms with E-state index in [4.69, 9.17) is 0 Å². The van der Waals surface area contributed by atoms with Gasteiger partial charge in [0.05, 0.1) is 5.33 Å². The van der Waals surface area contributed by atoms with Gasteiger partial charge in [-0.3, -0.25) is 0 Å². The van der Waals surface area contributed by atoms with E-state index in [1.807, 2.05) is 0 Å². The van der Waals surface area contributed by atoms with E-state index in [-0.39, 0.29) is 0 Å². The molecule has 0 aliphatic carbocycles. The number of pyridine rings is 1. The predicted molar refractivity (Wildman–Crippen MR) is 45.7 cm³/mol. The molecule has 1 rings (SSSR count). The average Bonchev–Trinajstić information content (AvgIpc) is 1.94. The fourth-order valence-corrected chi connectivity index (χ4v) is 1.39. The Bertz CT molecular complexity index is 239. The lowest BCUT2D eigenvalue weighted by Gasteiger charge is -1.99. The largest absolute Gasteiger partial charge is 0.618 e. The molecule has 0 bridgehead atoms. The van der Waals surface area contributed by atoms with Crippen LogP contribution >= 0.6 is 31.9 Å². The quantitative estimate of drug-likeness (QED) is 0.434. The zero-order valence-corrected chi connectivity index (χ0v) is 8.22. The molecule has 0 aliphatic rings. The summed E-state index contributed by atoms with van der Waals surface area (Å²) in [5.41, 5.74) is 0.703. The highest BCUT2D eigenvalue weighted by Gasteiger charge is 2.01. The highest BCUT2D eigenvalue weighted by Crippen LogP contribution is 2.09.